The first-order valence-electron chi connectivity index (χ1n) is 9.19. The Morgan fingerprint density at radius 3 is 2.50 bits per heavy atom. The Kier molecular flexibility index (Phi) is 4.69. The van der Waals surface area contributed by atoms with Crippen LogP contribution in [-0.2, 0) is 4.79 Å². The lowest BCUT2D eigenvalue weighted by molar-refractivity contribution is -0.143. The fourth-order valence-corrected chi connectivity index (χ4v) is 3.66. The summed E-state index contributed by atoms with van der Waals surface area (Å²) in [6.45, 7) is 1.53. The van der Waals surface area contributed by atoms with Crippen LogP contribution in [0.4, 0.5) is 5.69 Å². The van der Waals surface area contributed by atoms with Crippen molar-refractivity contribution in [2.45, 2.75) is 31.8 Å². The molecule has 5 nitrogen and oxygen atoms in total. The molecular formula is C21H23NO4. The molecule has 4 rings (SSSR count). The smallest absolute Gasteiger partial charge is 0.306 e. The van der Waals surface area contributed by atoms with Crippen LogP contribution in [0.5, 0.6) is 11.5 Å². The molecule has 2 aromatic rings. The number of aliphatic carboxylic acids is 1. The maximum absolute atomic E-state index is 11.0. The number of fused-ring (bicyclic) bond motifs is 1. The van der Waals surface area contributed by atoms with Crippen molar-refractivity contribution in [1.29, 1.82) is 0 Å². The van der Waals surface area contributed by atoms with E-state index in [0.29, 0.717) is 19.4 Å². The third-order valence-electron chi connectivity index (χ3n) is 5.17. The van der Waals surface area contributed by atoms with E-state index >= 15 is 0 Å². The van der Waals surface area contributed by atoms with Gasteiger partial charge in [-0.2, -0.15) is 0 Å². The summed E-state index contributed by atoms with van der Waals surface area (Å²) in [5.74, 6) is 0.836. The van der Waals surface area contributed by atoms with Crippen LogP contribution in [-0.4, -0.2) is 30.3 Å². The van der Waals surface area contributed by atoms with Crippen molar-refractivity contribution in [2.24, 2.45) is 5.92 Å². The fraction of sp³-hybridized carbons (Fsp3) is 0.381. The molecule has 0 unspecified atom stereocenters. The highest BCUT2D eigenvalue weighted by Gasteiger charge is 2.26. The van der Waals surface area contributed by atoms with Crippen molar-refractivity contribution >= 4 is 11.7 Å². The van der Waals surface area contributed by atoms with Crippen LogP contribution in [0.15, 0.2) is 42.5 Å². The van der Waals surface area contributed by atoms with E-state index in [-0.39, 0.29) is 12.0 Å². The first kappa shape index (κ1) is 16.8. The monoisotopic (exact) mass is 353 g/mol. The van der Waals surface area contributed by atoms with E-state index in [9.17, 15) is 4.79 Å². The van der Waals surface area contributed by atoms with Crippen LogP contribution in [0.1, 0.15) is 25.7 Å². The Morgan fingerprint density at radius 2 is 1.77 bits per heavy atom. The second kappa shape index (κ2) is 7.28. The highest BCUT2D eigenvalue weighted by molar-refractivity contribution is 5.72. The van der Waals surface area contributed by atoms with E-state index in [2.05, 4.69) is 35.6 Å². The topological polar surface area (TPSA) is 67.8 Å². The number of benzene rings is 2. The molecule has 1 aliphatic heterocycles. The first-order chi connectivity index (χ1) is 12.7. The summed E-state index contributed by atoms with van der Waals surface area (Å²) in [6.07, 6.45) is 3.10. The van der Waals surface area contributed by atoms with Crippen LogP contribution < -0.4 is 14.8 Å². The molecule has 2 aliphatic rings. The van der Waals surface area contributed by atoms with Crippen molar-refractivity contribution in [3.05, 3.63) is 42.5 Å². The van der Waals surface area contributed by atoms with Gasteiger partial charge in [0.25, 0.3) is 0 Å². The number of anilines is 1. The molecule has 2 aromatic carbocycles. The van der Waals surface area contributed by atoms with E-state index in [4.69, 9.17) is 14.6 Å². The Morgan fingerprint density at radius 1 is 1.04 bits per heavy atom. The zero-order valence-electron chi connectivity index (χ0n) is 14.6. The van der Waals surface area contributed by atoms with E-state index in [0.717, 1.165) is 47.7 Å². The maximum Gasteiger partial charge on any atom is 0.306 e. The normalized spacial score (nSPS) is 21.8. The van der Waals surface area contributed by atoms with Gasteiger partial charge in [0.05, 0.1) is 17.7 Å². The fourth-order valence-electron chi connectivity index (χ4n) is 3.66. The summed E-state index contributed by atoms with van der Waals surface area (Å²) in [7, 11) is 0. The lowest BCUT2D eigenvalue weighted by Gasteiger charge is -2.26. The molecule has 0 radical (unpaired) electrons. The molecule has 1 heterocycles. The van der Waals surface area contributed by atoms with Crippen molar-refractivity contribution in [3.63, 3.8) is 0 Å². The average molecular weight is 353 g/mol. The Bertz CT molecular complexity index is 779. The predicted octanol–water partition coefficient (Wildman–Crippen LogP) is 4.18. The van der Waals surface area contributed by atoms with Crippen molar-refractivity contribution in [3.8, 4) is 22.6 Å². The number of nitrogens with one attached hydrogen (secondary N) is 1. The van der Waals surface area contributed by atoms with Crippen LogP contribution >= 0.6 is 0 Å². The standard InChI is InChI=1S/C21H23NO4/c23-21(24)15-3-8-18(9-4-15)26-17-6-1-14(2-7-17)16-5-10-19-20(13-16)25-12-11-22-19/h1-2,5-7,10,13,15,18,22H,3-4,8-9,11-12H2,(H,23,24). The number of hydrogen-bond acceptors (Lipinski definition) is 4. The molecular weight excluding hydrogens is 330 g/mol. The molecule has 1 saturated carbocycles. The Balaban J connectivity index is 1.40. The minimum Gasteiger partial charge on any atom is -0.490 e. The summed E-state index contributed by atoms with van der Waals surface area (Å²) in [5, 5.41) is 12.4. The highest BCUT2D eigenvalue weighted by atomic mass is 16.5. The minimum absolute atomic E-state index is 0.111. The van der Waals surface area contributed by atoms with Gasteiger partial charge in [0.2, 0.25) is 0 Å². The Hall–Kier alpha value is -2.69. The molecule has 0 aromatic heterocycles. The number of carboxylic acids is 1. The highest BCUT2D eigenvalue weighted by Crippen LogP contribution is 2.34. The zero-order valence-corrected chi connectivity index (χ0v) is 14.6. The molecule has 0 saturated heterocycles. The summed E-state index contributed by atoms with van der Waals surface area (Å²) < 4.78 is 11.7. The minimum atomic E-state index is -0.683. The van der Waals surface area contributed by atoms with Crippen molar-refractivity contribution in [1.82, 2.24) is 0 Å². The summed E-state index contributed by atoms with van der Waals surface area (Å²) >= 11 is 0. The molecule has 26 heavy (non-hydrogen) atoms. The molecule has 1 fully saturated rings. The number of ether oxygens (including phenoxy) is 2. The van der Waals surface area contributed by atoms with Gasteiger partial charge in [-0.25, -0.2) is 0 Å². The van der Waals surface area contributed by atoms with Crippen molar-refractivity contribution < 1.29 is 19.4 Å². The van der Waals surface area contributed by atoms with Gasteiger partial charge >= 0.3 is 5.97 Å². The lowest BCUT2D eigenvalue weighted by atomic mass is 9.87. The van der Waals surface area contributed by atoms with Gasteiger partial charge in [0.1, 0.15) is 18.1 Å². The quantitative estimate of drug-likeness (QED) is 0.863. The van der Waals surface area contributed by atoms with Crippen LogP contribution in [0.25, 0.3) is 11.1 Å². The third-order valence-corrected chi connectivity index (χ3v) is 5.17. The van der Waals surface area contributed by atoms with Crippen LogP contribution in [0, 0.1) is 5.92 Å². The van der Waals surface area contributed by atoms with Crippen LogP contribution in [0.3, 0.4) is 0 Å². The van der Waals surface area contributed by atoms with Gasteiger partial charge in [-0.15, -0.1) is 0 Å². The molecule has 5 heteroatoms. The molecule has 2 N–H and O–H groups in total. The SMILES string of the molecule is O=C(O)C1CCC(Oc2ccc(-c3ccc4c(c3)OCCN4)cc2)CC1. The summed E-state index contributed by atoms with van der Waals surface area (Å²) in [5.41, 5.74) is 3.27. The summed E-state index contributed by atoms with van der Waals surface area (Å²) in [4.78, 5) is 11.0. The van der Waals surface area contributed by atoms with Gasteiger partial charge in [-0.05, 0) is 61.1 Å². The van der Waals surface area contributed by atoms with Crippen molar-refractivity contribution in [2.75, 3.05) is 18.5 Å². The number of carboxylic acid groups (broad SMARTS) is 1. The van der Waals surface area contributed by atoms with Gasteiger partial charge in [0.15, 0.2) is 0 Å². The molecule has 0 amide bonds. The molecule has 1 aliphatic carbocycles. The van der Waals surface area contributed by atoms with E-state index in [1.54, 1.807) is 0 Å². The van der Waals surface area contributed by atoms with Gasteiger partial charge in [-0.3, -0.25) is 4.79 Å². The van der Waals surface area contributed by atoms with E-state index in [1.165, 1.54) is 0 Å². The van der Waals surface area contributed by atoms with E-state index < -0.39 is 5.97 Å². The molecule has 0 bridgehead atoms. The molecule has 0 spiro atoms. The Labute approximate surface area is 152 Å². The van der Waals surface area contributed by atoms with Gasteiger partial charge < -0.3 is 19.9 Å². The van der Waals surface area contributed by atoms with E-state index in [1.807, 2.05) is 12.1 Å². The van der Waals surface area contributed by atoms with Gasteiger partial charge in [0, 0.05) is 6.54 Å². The second-order valence-corrected chi connectivity index (χ2v) is 6.94. The second-order valence-electron chi connectivity index (χ2n) is 6.94. The summed E-state index contributed by atoms with van der Waals surface area (Å²) in [6, 6.07) is 14.3. The number of carbonyl (C=O) groups is 1. The van der Waals surface area contributed by atoms with Crippen LogP contribution in [0.2, 0.25) is 0 Å². The maximum atomic E-state index is 11.0. The number of hydrogen-bond donors (Lipinski definition) is 2. The molecule has 136 valence electrons. The van der Waals surface area contributed by atoms with Gasteiger partial charge in [-0.1, -0.05) is 18.2 Å². The predicted molar refractivity (Wildman–Crippen MR) is 99.9 cm³/mol. The number of rotatable bonds is 4. The lowest BCUT2D eigenvalue weighted by Crippen LogP contribution is -2.27. The zero-order chi connectivity index (χ0) is 17.9. The molecule has 0 atom stereocenters. The third kappa shape index (κ3) is 3.62. The average Bonchev–Trinajstić information content (AvgIpc) is 2.68. The first-order valence-corrected chi connectivity index (χ1v) is 9.19. The largest absolute Gasteiger partial charge is 0.490 e.